The first-order valence-corrected chi connectivity index (χ1v) is 5.97. The van der Waals surface area contributed by atoms with Gasteiger partial charge in [0.2, 0.25) is 0 Å². The van der Waals surface area contributed by atoms with Crippen LogP contribution in [0, 0.1) is 5.82 Å². The monoisotopic (exact) mass is 241 g/mol. The molecule has 0 unspecified atom stereocenters. The summed E-state index contributed by atoms with van der Waals surface area (Å²) >= 11 is 0. The Morgan fingerprint density at radius 2 is 2.06 bits per heavy atom. The zero-order valence-corrected chi connectivity index (χ0v) is 10.5. The Kier molecular flexibility index (Phi) is 6.58. The van der Waals surface area contributed by atoms with Crippen molar-refractivity contribution in [2.45, 2.75) is 20.4 Å². The van der Waals surface area contributed by atoms with Crippen molar-refractivity contribution in [2.75, 3.05) is 26.4 Å². The molecule has 0 aliphatic heterocycles. The smallest absolute Gasteiger partial charge is 0.165 e. The van der Waals surface area contributed by atoms with Gasteiger partial charge in [-0.1, -0.05) is 13.0 Å². The number of hydrogen-bond acceptors (Lipinski definition) is 3. The van der Waals surface area contributed by atoms with Crippen molar-refractivity contribution in [3.05, 3.63) is 29.6 Å². The standard InChI is InChI=1S/C13H20FNO2/c1-3-15-10-11-5-6-13(12(14)9-11)17-8-7-16-4-2/h5-6,9,15H,3-4,7-8,10H2,1-2H3. The van der Waals surface area contributed by atoms with Gasteiger partial charge in [-0.25, -0.2) is 4.39 Å². The maximum Gasteiger partial charge on any atom is 0.165 e. The molecule has 0 radical (unpaired) electrons. The molecule has 1 N–H and O–H groups in total. The third kappa shape index (κ3) is 5.15. The Hall–Kier alpha value is -1.13. The maximum absolute atomic E-state index is 13.6. The molecule has 96 valence electrons. The quantitative estimate of drug-likeness (QED) is 0.709. The van der Waals surface area contributed by atoms with Crippen LogP contribution in [0.1, 0.15) is 19.4 Å². The number of nitrogens with one attached hydrogen (secondary N) is 1. The zero-order valence-electron chi connectivity index (χ0n) is 10.5. The first kappa shape index (κ1) is 13.9. The van der Waals surface area contributed by atoms with Gasteiger partial charge in [0.05, 0.1) is 6.61 Å². The highest BCUT2D eigenvalue weighted by Crippen LogP contribution is 2.18. The van der Waals surface area contributed by atoms with Gasteiger partial charge in [-0.3, -0.25) is 0 Å². The molecule has 17 heavy (non-hydrogen) atoms. The van der Waals surface area contributed by atoms with Crippen LogP contribution in [0.3, 0.4) is 0 Å². The van der Waals surface area contributed by atoms with Crippen LogP contribution in [0.2, 0.25) is 0 Å². The van der Waals surface area contributed by atoms with Gasteiger partial charge in [0.1, 0.15) is 6.61 Å². The summed E-state index contributed by atoms with van der Waals surface area (Å²) in [6, 6.07) is 5.02. The van der Waals surface area contributed by atoms with Gasteiger partial charge in [-0.05, 0) is 31.2 Å². The van der Waals surface area contributed by atoms with E-state index >= 15 is 0 Å². The van der Waals surface area contributed by atoms with Crippen molar-refractivity contribution < 1.29 is 13.9 Å². The highest BCUT2D eigenvalue weighted by atomic mass is 19.1. The minimum Gasteiger partial charge on any atom is -0.488 e. The maximum atomic E-state index is 13.6. The Morgan fingerprint density at radius 1 is 1.24 bits per heavy atom. The second-order valence-corrected chi connectivity index (χ2v) is 3.59. The van der Waals surface area contributed by atoms with Gasteiger partial charge in [0, 0.05) is 13.2 Å². The average molecular weight is 241 g/mol. The molecule has 0 aromatic heterocycles. The number of benzene rings is 1. The van der Waals surface area contributed by atoms with Gasteiger partial charge in [-0.15, -0.1) is 0 Å². The van der Waals surface area contributed by atoms with Crippen LogP contribution in [-0.4, -0.2) is 26.4 Å². The number of ether oxygens (including phenoxy) is 2. The molecule has 1 aromatic carbocycles. The summed E-state index contributed by atoms with van der Waals surface area (Å²) in [5.74, 6) is -0.0400. The van der Waals surface area contributed by atoms with Crippen LogP contribution in [-0.2, 0) is 11.3 Å². The molecule has 4 heteroatoms. The van der Waals surface area contributed by atoms with Crippen molar-refractivity contribution in [3.8, 4) is 5.75 Å². The summed E-state index contributed by atoms with van der Waals surface area (Å²) in [6.07, 6.45) is 0. The molecule has 0 bridgehead atoms. The predicted octanol–water partition coefficient (Wildman–Crippen LogP) is 2.35. The topological polar surface area (TPSA) is 30.5 Å². The fourth-order valence-corrected chi connectivity index (χ4v) is 1.40. The third-order valence-electron chi connectivity index (χ3n) is 2.26. The van der Waals surface area contributed by atoms with Crippen LogP contribution < -0.4 is 10.1 Å². The van der Waals surface area contributed by atoms with Gasteiger partial charge in [0.15, 0.2) is 11.6 Å². The van der Waals surface area contributed by atoms with E-state index in [-0.39, 0.29) is 11.6 Å². The van der Waals surface area contributed by atoms with Crippen molar-refractivity contribution >= 4 is 0 Å². The van der Waals surface area contributed by atoms with Crippen LogP contribution in [0.5, 0.6) is 5.75 Å². The van der Waals surface area contributed by atoms with E-state index in [1.54, 1.807) is 6.07 Å². The number of rotatable bonds is 8. The molecular formula is C13H20FNO2. The average Bonchev–Trinajstić information content (AvgIpc) is 2.34. The van der Waals surface area contributed by atoms with E-state index in [9.17, 15) is 4.39 Å². The van der Waals surface area contributed by atoms with E-state index in [0.717, 1.165) is 12.1 Å². The summed E-state index contributed by atoms with van der Waals surface area (Å²) in [6.45, 7) is 6.97. The largest absolute Gasteiger partial charge is 0.488 e. The summed E-state index contributed by atoms with van der Waals surface area (Å²) in [4.78, 5) is 0. The van der Waals surface area contributed by atoms with E-state index in [4.69, 9.17) is 9.47 Å². The second-order valence-electron chi connectivity index (χ2n) is 3.59. The van der Waals surface area contributed by atoms with Crippen molar-refractivity contribution in [1.82, 2.24) is 5.32 Å². The van der Waals surface area contributed by atoms with Crippen molar-refractivity contribution in [3.63, 3.8) is 0 Å². The lowest BCUT2D eigenvalue weighted by atomic mass is 10.2. The van der Waals surface area contributed by atoms with Gasteiger partial charge >= 0.3 is 0 Å². The summed E-state index contributed by atoms with van der Waals surface area (Å²) in [5, 5.41) is 3.14. The third-order valence-corrected chi connectivity index (χ3v) is 2.26. The molecule has 0 saturated carbocycles. The van der Waals surface area contributed by atoms with Crippen LogP contribution in [0.25, 0.3) is 0 Å². The SMILES string of the molecule is CCNCc1ccc(OCCOCC)c(F)c1. The summed E-state index contributed by atoms with van der Waals surface area (Å²) in [7, 11) is 0. The van der Waals surface area contributed by atoms with Crippen molar-refractivity contribution in [1.29, 1.82) is 0 Å². The van der Waals surface area contributed by atoms with Gasteiger partial charge in [-0.2, -0.15) is 0 Å². The Morgan fingerprint density at radius 3 is 2.71 bits per heavy atom. The van der Waals surface area contributed by atoms with Crippen LogP contribution >= 0.6 is 0 Å². The highest BCUT2D eigenvalue weighted by molar-refractivity contribution is 5.29. The van der Waals surface area contributed by atoms with Gasteiger partial charge in [0.25, 0.3) is 0 Å². The molecule has 0 amide bonds. The number of halogens is 1. The van der Waals surface area contributed by atoms with E-state index in [0.29, 0.717) is 26.4 Å². The molecule has 0 atom stereocenters. The molecule has 3 nitrogen and oxygen atoms in total. The molecule has 0 fully saturated rings. The molecular weight excluding hydrogens is 221 g/mol. The predicted molar refractivity (Wildman–Crippen MR) is 65.8 cm³/mol. The number of hydrogen-bond donors (Lipinski definition) is 1. The first-order valence-electron chi connectivity index (χ1n) is 5.97. The summed E-state index contributed by atoms with van der Waals surface area (Å²) in [5.41, 5.74) is 0.918. The normalized spacial score (nSPS) is 10.5. The van der Waals surface area contributed by atoms with Gasteiger partial charge < -0.3 is 14.8 Å². The molecule has 0 spiro atoms. The van der Waals surface area contributed by atoms with E-state index in [1.165, 1.54) is 6.07 Å². The zero-order chi connectivity index (χ0) is 12.5. The van der Waals surface area contributed by atoms with E-state index < -0.39 is 0 Å². The molecule has 0 aliphatic rings. The molecule has 0 saturated heterocycles. The Balaban J connectivity index is 2.45. The van der Waals surface area contributed by atoms with E-state index in [1.807, 2.05) is 19.9 Å². The molecule has 0 heterocycles. The van der Waals surface area contributed by atoms with Crippen LogP contribution in [0.15, 0.2) is 18.2 Å². The Labute approximate surface area is 102 Å². The summed E-state index contributed by atoms with van der Waals surface area (Å²) < 4.78 is 24.0. The molecule has 1 aromatic rings. The first-order chi connectivity index (χ1) is 8.27. The molecule has 1 rings (SSSR count). The van der Waals surface area contributed by atoms with E-state index in [2.05, 4.69) is 5.32 Å². The lowest BCUT2D eigenvalue weighted by Crippen LogP contribution is -2.12. The fourth-order valence-electron chi connectivity index (χ4n) is 1.40. The minimum absolute atomic E-state index is 0.282. The van der Waals surface area contributed by atoms with Crippen molar-refractivity contribution in [2.24, 2.45) is 0 Å². The highest BCUT2D eigenvalue weighted by Gasteiger charge is 2.04. The lowest BCUT2D eigenvalue weighted by Gasteiger charge is -2.09. The lowest BCUT2D eigenvalue weighted by molar-refractivity contribution is 0.108. The van der Waals surface area contributed by atoms with Crippen LogP contribution in [0.4, 0.5) is 4.39 Å². The Bertz CT molecular complexity index is 331. The minimum atomic E-state index is -0.322. The second kappa shape index (κ2) is 8.03. The fraction of sp³-hybridized carbons (Fsp3) is 0.538. The molecule has 0 aliphatic carbocycles.